The molecule has 4 amide bonds. The summed E-state index contributed by atoms with van der Waals surface area (Å²) in [7, 11) is 0. The summed E-state index contributed by atoms with van der Waals surface area (Å²) in [6.45, 7) is 4.76. The summed E-state index contributed by atoms with van der Waals surface area (Å²) in [5.41, 5.74) is -0.997. The molecular weight excluding hydrogens is 528 g/mol. The Hall–Kier alpha value is -2.93. The topological polar surface area (TPSA) is 145 Å². The summed E-state index contributed by atoms with van der Waals surface area (Å²) < 4.78 is 56.7. The van der Waals surface area contributed by atoms with Crippen molar-refractivity contribution >= 4 is 29.6 Å². The highest BCUT2D eigenvalue weighted by Crippen LogP contribution is 2.51. The zero-order chi connectivity index (χ0) is 29.5. The first-order valence-electron chi connectivity index (χ1n) is 13.0. The van der Waals surface area contributed by atoms with Crippen molar-refractivity contribution in [1.82, 2.24) is 20.9 Å². The van der Waals surface area contributed by atoms with Gasteiger partial charge >= 0.3 is 6.09 Å². The first-order valence-corrected chi connectivity index (χ1v) is 13.0. The van der Waals surface area contributed by atoms with Crippen LogP contribution in [0.2, 0.25) is 0 Å². The van der Waals surface area contributed by atoms with Gasteiger partial charge in [0.15, 0.2) is 0 Å². The summed E-state index contributed by atoms with van der Waals surface area (Å²) in [6.07, 6.45) is -2.31. The second-order valence-electron chi connectivity index (χ2n) is 12.0. The number of carboxylic acid groups (broad SMARTS) is 1. The van der Waals surface area contributed by atoms with Gasteiger partial charge in [0.05, 0.1) is 6.04 Å². The number of nitrogens with zero attached hydrogens (tertiary/aromatic N) is 1. The fourth-order valence-electron chi connectivity index (χ4n) is 5.33. The Morgan fingerprint density at radius 1 is 1.03 bits per heavy atom. The van der Waals surface area contributed by atoms with Crippen LogP contribution in [0.3, 0.4) is 0 Å². The Morgan fingerprint density at radius 2 is 1.64 bits per heavy atom. The average Bonchev–Trinajstić information content (AvgIpc) is 3.43. The van der Waals surface area contributed by atoms with Gasteiger partial charge in [0.1, 0.15) is 12.1 Å². The molecule has 220 valence electrons. The van der Waals surface area contributed by atoms with E-state index in [1.165, 1.54) is 0 Å². The van der Waals surface area contributed by atoms with E-state index in [0.29, 0.717) is 19.8 Å². The lowest BCUT2D eigenvalue weighted by atomic mass is 9.85. The lowest BCUT2D eigenvalue weighted by molar-refractivity contribution is -0.145. The van der Waals surface area contributed by atoms with Crippen LogP contribution >= 0.6 is 0 Å². The molecule has 0 spiro atoms. The number of likely N-dealkylation sites (tertiary alicyclic amines) is 1. The van der Waals surface area contributed by atoms with Gasteiger partial charge in [-0.3, -0.25) is 19.2 Å². The van der Waals surface area contributed by atoms with Crippen molar-refractivity contribution in [2.24, 2.45) is 17.3 Å². The predicted molar refractivity (Wildman–Crippen MR) is 129 cm³/mol. The molecule has 5 atom stereocenters. The molecule has 0 bridgehead atoms. The van der Waals surface area contributed by atoms with Crippen LogP contribution in [0.4, 0.5) is 22.4 Å². The highest BCUT2D eigenvalue weighted by Gasteiger charge is 2.61. The van der Waals surface area contributed by atoms with Crippen molar-refractivity contribution in [3.05, 3.63) is 0 Å². The van der Waals surface area contributed by atoms with Crippen LogP contribution in [-0.4, -0.2) is 82.2 Å². The molecule has 1 aliphatic heterocycles. The van der Waals surface area contributed by atoms with Crippen molar-refractivity contribution < 1.29 is 46.6 Å². The molecule has 39 heavy (non-hydrogen) atoms. The molecule has 2 aliphatic carbocycles. The van der Waals surface area contributed by atoms with Gasteiger partial charge in [0.25, 0.3) is 11.8 Å². The van der Waals surface area contributed by atoms with E-state index in [4.69, 9.17) is 0 Å². The zero-order valence-corrected chi connectivity index (χ0v) is 22.4. The Balaban J connectivity index is 1.90. The lowest BCUT2D eigenvalue weighted by Gasteiger charge is -2.36. The van der Waals surface area contributed by atoms with E-state index >= 15 is 0 Å². The van der Waals surface area contributed by atoms with Gasteiger partial charge in [0.2, 0.25) is 23.5 Å². The summed E-state index contributed by atoms with van der Waals surface area (Å²) in [5, 5.41) is 16.1. The molecule has 0 aromatic carbocycles. The van der Waals surface area contributed by atoms with E-state index in [1.807, 2.05) is 0 Å². The minimum atomic E-state index is -3.22. The lowest BCUT2D eigenvalue weighted by Crippen LogP contribution is -2.60. The van der Waals surface area contributed by atoms with Gasteiger partial charge < -0.3 is 26.0 Å². The van der Waals surface area contributed by atoms with Gasteiger partial charge in [0, 0.05) is 31.3 Å². The molecule has 0 aromatic heterocycles. The largest absolute Gasteiger partial charge is 0.465 e. The zero-order valence-electron chi connectivity index (χ0n) is 22.4. The van der Waals surface area contributed by atoms with Gasteiger partial charge in [-0.2, -0.15) is 0 Å². The SMILES string of the molecule is CC(F)(F)CC[C@H](NC(=O)[C@@H]1[C@H]2CCC(F)(F)[C@H]2CN1C(=O)[C@@H](NC(=O)O)C(C)(C)C)C(=O)C(=O)NC1CC1. The second kappa shape index (κ2) is 10.9. The molecule has 10 nitrogen and oxygen atoms in total. The maximum atomic E-state index is 14.7. The quantitative estimate of drug-likeness (QED) is 0.237. The molecule has 0 unspecified atom stereocenters. The van der Waals surface area contributed by atoms with Crippen LogP contribution in [0.1, 0.15) is 66.2 Å². The van der Waals surface area contributed by atoms with E-state index in [2.05, 4.69) is 16.0 Å². The molecule has 3 rings (SSSR count). The third-order valence-electron chi connectivity index (χ3n) is 7.58. The number of halogens is 4. The smallest absolute Gasteiger partial charge is 0.405 e. The standard InChI is InChI=1S/C25H36F4N4O6/c1-23(2,3)18(32-22(38)39)21(37)33-11-14-13(7-10-25(14,28)29)16(33)19(35)31-15(8-9-24(4,26)27)17(34)20(36)30-12-5-6-12/h12-16,18,32H,5-11H2,1-4H3,(H,30,36)(H,31,35)(H,38,39)/t13-,14-,15-,16-,18+/m0/s1. The van der Waals surface area contributed by atoms with Crippen LogP contribution in [0.5, 0.6) is 0 Å². The van der Waals surface area contributed by atoms with Crippen LogP contribution in [0.15, 0.2) is 0 Å². The molecule has 0 aromatic rings. The van der Waals surface area contributed by atoms with E-state index in [0.717, 1.165) is 4.90 Å². The maximum Gasteiger partial charge on any atom is 0.405 e. The minimum absolute atomic E-state index is 0.125. The Kier molecular flexibility index (Phi) is 8.57. The van der Waals surface area contributed by atoms with E-state index in [-0.39, 0.29) is 12.5 Å². The number of alkyl halides is 4. The summed E-state index contributed by atoms with van der Waals surface area (Å²) in [6, 6.07) is -4.79. The van der Waals surface area contributed by atoms with Crippen molar-refractivity contribution in [3.63, 3.8) is 0 Å². The number of nitrogens with one attached hydrogen (secondary N) is 3. The van der Waals surface area contributed by atoms with Crippen molar-refractivity contribution in [2.45, 2.75) is 102 Å². The highest BCUT2D eigenvalue weighted by molar-refractivity contribution is 6.38. The van der Waals surface area contributed by atoms with Gasteiger partial charge in [-0.05, 0) is 43.9 Å². The number of fused-ring (bicyclic) bond motifs is 1. The van der Waals surface area contributed by atoms with Crippen LogP contribution in [0, 0.1) is 17.3 Å². The van der Waals surface area contributed by atoms with Crippen LogP contribution in [-0.2, 0) is 19.2 Å². The Bertz CT molecular complexity index is 1010. The number of hydrogen-bond acceptors (Lipinski definition) is 5. The number of rotatable bonds is 10. The molecule has 14 heteroatoms. The van der Waals surface area contributed by atoms with E-state index in [9.17, 15) is 46.6 Å². The average molecular weight is 565 g/mol. The molecule has 3 aliphatic rings. The first kappa shape index (κ1) is 30.6. The molecule has 2 saturated carbocycles. The number of ketones is 1. The first-order chi connectivity index (χ1) is 17.8. The second-order valence-corrected chi connectivity index (χ2v) is 12.0. The number of Topliss-reactive ketones (excluding diaryl/α,β-unsaturated/α-hetero) is 1. The normalized spacial score (nSPS) is 25.8. The molecule has 1 heterocycles. The third kappa shape index (κ3) is 7.38. The predicted octanol–water partition coefficient (Wildman–Crippen LogP) is 2.31. The number of amides is 4. The van der Waals surface area contributed by atoms with E-state index < -0.39 is 103 Å². The number of hydrogen-bond donors (Lipinski definition) is 4. The van der Waals surface area contributed by atoms with Crippen molar-refractivity contribution in [2.75, 3.05) is 6.54 Å². The number of carbonyl (C=O) groups excluding carboxylic acids is 4. The summed E-state index contributed by atoms with van der Waals surface area (Å²) >= 11 is 0. The molecule has 0 radical (unpaired) electrons. The van der Waals surface area contributed by atoms with Gasteiger partial charge in [-0.15, -0.1) is 0 Å². The summed E-state index contributed by atoms with van der Waals surface area (Å²) in [5.74, 6) is -13.0. The van der Waals surface area contributed by atoms with E-state index in [1.54, 1.807) is 20.8 Å². The minimum Gasteiger partial charge on any atom is -0.465 e. The fourth-order valence-corrected chi connectivity index (χ4v) is 5.33. The monoisotopic (exact) mass is 564 g/mol. The van der Waals surface area contributed by atoms with Crippen LogP contribution < -0.4 is 16.0 Å². The molecule has 3 fully saturated rings. The van der Waals surface area contributed by atoms with Crippen molar-refractivity contribution in [3.8, 4) is 0 Å². The third-order valence-corrected chi connectivity index (χ3v) is 7.58. The molecule has 1 saturated heterocycles. The Morgan fingerprint density at radius 3 is 2.15 bits per heavy atom. The Labute approximate surface area is 223 Å². The van der Waals surface area contributed by atoms with Crippen molar-refractivity contribution in [1.29, 1.82) is 0 Å². The van der Waals surface area contributed by atoms with Gasteiger partial charge in [-0.25, -0.2) is 22.4 Å². The molecule has 4 N–H and O–H groups in total. The fraction of sp³-hybridized carbons (Fsp3) is 0.800. The highest BCUT2D eigenvalue weighted by atomic mass is 19.3. The number of carbonyl (C=O) groups is 5. The molecular formula is C25H36F4N4O6. The maximum absolute atomic E-state index is 14.7. The van der Waals surface area contributed by atoms with Gasteiger partial charge in [-0.1, -0.05) is 20.8 Å². The van der Waals surface area contributed by atoms with Crippen LogP contribution in [0.25, 0.3) is 0 Å². The summed E-state index contributed by atoms with van der Waals surface area (Å²) in [4.78, 5) is 64.6.